The topological polar surface area (TPSA) is 51.4 Å². The van der Waals surface area contributed by atoms with Crippen molar-refractivity contribution < 1.29 is 4.74 Å². The first kappa shape index (κ1) is 11.2. The summed E-state index contributed by atoms with van der Waals surface area (Å²) in [6, 6.07) is 4.43. The van der Waals surface area contributed by atoms with Crippen LogP contribution in [0.15, 0.2) is 18.3 Å². The summed E-state index contributed by atoms with van der Waals surface area (Å²) >= 11 is 0. The van der Waals surface area contributed by atoms with Crippen LogP contribution in [-0.4, -0.2) is 31.2 Å². The van der Waals surface area contributed by atoms with E-state index < -0.39 is 0 Å². The molecule has 0 aromatic carbocycles. The van der Waals surface area contributed by atoms with Crippen LogP contribution < -0.4 is 15.4 Å². The lowest BCUT2D eigenvalue weighted by atomic mass is 9.91. The smallest absolute Gasteiger partial charge is 0.171 e. The number of rotatable bonds is 5. The second-order valence-electron chi connectivity index (χ2n) is 4.10. The fourth-order valence-corrected chi connectivity index (χ4v) is 2.06. The summed E-state index contributed by atoms with van der Waals surface area (Å²) in [5, 5.41) is 0. The van der Waals surface area contributed by atoms with Crippen LogP contribution in [0.3, 0.4) is 0 Å². The van der Waals surface area contributed by atoms with E-state index in [9.17, 15) is 0 Å². The molecule has 16 heavy (non-hydrogen) atoms. The molecule has 0 bridgehead atoms. The number of pyridine rings is 1. The zero-order valence-electron chi connectivity index (χ0n) is 9.72. The summed E-state index contributed by atoms with van der Waals surface area (Å²) in [6.45, 7) is 1.49. The van der Waals surface area contributed by atoms with Gasteiger partial charge in [0.05, 0.1) is 7.11 Å². The number of ether oxygens (including phenoxy) is 1. The van der Waals surface area contributed by atoms with Crippen LogP contribution in [0.4, 0.5) is 5.82 Å². The average Bonchev–Trinajstić information content (AvgIpc) is 2.26. The van der Waals surface area contributed by atoms with Crippen LogP contribution in [0.2, 0.25) is 0 Å². The second-order valence-corrected chi connectivity index (χ2v) is 4.10. The number of methoxy groups -OCH3 is 1. The van der Waals surface area contributed by atoms with E-state index in [0.29, 0.717) is 12.6 Å². The predicted molar refractivity (Wildman–Crippen MR) is 64.8 cm³/mol. The van der Waals surface area contributed by atoms with Gasteiger partial charge in [0, 0.05) is 25.3 Å². The van der Waals surface area contributed by atoms with Crippen molar-refractivity contribution in [3.05, 3.63) is 18.3 Å². The Morgan fingerprint density at radius 3 is 2.94 bits per heavy atom. The van der Waals surface area contributed by atoms with Gasteiger partial charge in [-0.3, -0.25) is 0 Å². The fraction of sp³-hybridized carbons (Fsp3) is 0.583. The molecule has 2 rings (SSSR count). The highest BCUT2D eigenvalue weighted by Crippen LogP contribution is 2.32. The van der Waals surface area contributed by atoms with Crippen LogP contribution in [0.1, 0.15) is 19.3 Å². The molecule has 0 spiro atoms. The Hall–Kier alpha value is -1.29. The predicted octanol–water partition coefficient (Wildman–Crippen LogP) is 1.41. The van der Waals surface area contributed by atoms with Crippen LogP contribution in [0, 0.1) is 0 Å². The Bertz CT molecular complexity index is 339. The molecule has 1 aromatic rings. The number of hydrogen-bond donors (Lipinski definition) is 1. The summed E-state index contributed by atoms with van der Waals surface area (Å²) in [7, 11) is 1.68. The third-order valence-electron chi connectivity index (χ3n) is 3.13. The van der Waals surface area contributed by atoms with Crippen molar-refractivity contribution in [2.45, 2.75) is 25.3 Å². The molecule has 1 saturated carbocycles. The minimum Gasteiger partial charge on any atom is -0.493 e. The van der Waals surface area contributed by atoms with E-state index in [0.717, 1.165) is 18.1 Å². The highest BCUT2D eigenvalue weighted by atomic mass is 16.5. The van der Waals surface area contributed by atoms with Crippen LogP contribution in [0.25, 0.3) is 0 Å². The maximum absolute atomic E-state index is 5.66. The summed E-state index contributed by atoms with van der Waals surface area (Å²) in [4.78, 5) is 6.70. The first-order chi connectivity index (χ1) is 7.86. The molecule has 1 fully saturated rings. The van der Waals surface area contributed by atoms with Gasteiger partial charge in [-0.2, -0.15) is 0 Å². The first-order valence-corrected chi connectivity index (χ1v) is 5.82. The molecule has 0 atom stereocenters. The molecule has 1 aromatic heterocycles. The SMILES string of the molecule is COc1cccnc1N(CCN)C1CCC1. The Morgan fingerprint density at radius 1 is 1.56 bits per heavy atom. The van der Waals surface area contributed by atoms with E-state index in [1.165, 1.54) is 19.3 Å². The molecular weight excluding hydrogens is 202 g/mol. The van der Waals surface area contributed by atoms with Gasteiger partial charge in [0.2, 0.25) is 0 Å². The molecule has 1 heterocycles. The van der Waals surface area contributed by atoms with Crippen molar-refractivity contribution in [3.8, 4) is 5.75 Å². The maximum Gasteiger partial charge on any atom is 0.171 e. The standard InChI is InChI=1S/C12H19N3O/c1-16-11-6-3-8-14-12(11)15(9-7-13)10-4-2-5-10/h3,6,8,10H,2,4-5,7,9,13H2,1H3. The lowest BCUT2D eigenvalue weighted by Crippen LogP contribution is -2.43. The minimum absolute atomic E-state index is 0.590. The molecule has 2 N–H and O–H groups in total. The van der Waals surface area contributed by atoms with Gasteiger partial charge in [0.1, 0.15) is 0 Å². The maximum atomic E-state index is 5.66. The molecule has 4 heteroatoms. The molecule has 0 radical (unpaired) electrons. The lowest BCUT2D eigenvalue weighted by molar-refractivity contribution is 0.373. The Balaban J connectivity index is 2.22. The normalized spacial score (nSPS) is 15.6. The molecule has 88 valence electrons. The summed E-state index contributed by atoms with van der Waals surface area (Å²) in [5.74, 6) is 1.77. The van der Waals surface area contributed by atoms with Gasteiger partial charge in [-0.15, -0.1) is 0 Å². The van der Waals surface area contributed by atoms with Crippen molar-refractivity contribution >= 4 is 5.82 Å². The highest BCUT2D eigenvalue weighted by Gasteiger charge is 2.27. The van der Waals surface area contributed by atoms with E-state index in [2.05, 4.69) is 9.88 Å². The van der Waals surface area contributed by atoms with Gasteiger partial charge in [-0.1, -0.05) is 0 Å². The number of hydrogen-bond acceptors (Lipinski definition) is 4. The van der Waals surface area contributed by atoms with E-state index in [1.807, 2.05) is 12.1 Å². The van der Waals surface area contributed by atoms with Gasteiger partial charge in [0.15, 0.2) is 11.6 Å². The molecule has 0 amide bonds. The van der Waals surface area contributed by atoms with Crippen molar-refractivity contribution in [3.63, 3.8) is 0 Å². The fourth-order valence-electron chi connectivity index (χ4n) is 2.06. The number of nitrogens with zero attached hydrogens (tertiary/aromatic N) is 2. The second kappa shape index (κ2) is 5.16. The van der Waals surface area contributed by atoms with Crippen LogP contribution >= 0.6 is 0 Å². The third kappa shape index (κ3) is 2.11. The van der Waals surface area contributed by atoms with Crippen LogP contribution in [-0.2, 0) is 0 Å². The molecule has 1 aliphatic carbocycles. The van der Waals surface area contributed by atoms with Crippen molar-refractivity contribution in [1.82, 2.24) is 4.98 Å². The van der Waals surface area contributed by atoms with Gasteiger partial charge in [0.25, 0.3) is 0 Å². The van der Waals surface area contributed by atoms with Crippen LogP contribution in [0.5, 0.6) is 5.75 Å². The van der Waals surface area contributed by atoms with Crippen molar-refractivity contribution in [2.24, 2.45) is 5.73 Å². The van der Waals surface area contributed by atoms with E-state index >= 15 is 0 Å². The molecular formula is C12H19N3O. The Kier molecular flexibility index (Phi) is 3.62. The van der Waals surface area contributed by atoms with Gasteiger partial charge in [-0.25, -0.2) is 4.98 Å². The van der Waals surface area contributed by atoms with Gasteiger partial charge in [-0.05, 0) is 31.4 Å². The van der Waals surface area contributed by atoms with E-state index in [1.54, 1.807) is 13.3 Å². The van der Waals surface area contributed by atoms with Gasteiger partial charge >= 0.3 is 0 Å². The lowest BCUT2D eigenvalue weighted by Gasteiger charge is -2.38. The summed E-state index contributed by atoms with van der Waals surface area (Å²) < 4.78 is 5.35. The van der Waals surface area contributed by atoms with Gasteiger partial charge < -0.3 is 15.4 Å². The molecule has 1 aliphatic rings. The molecule has 0 saturated heterocycles. The number of nitrogens with two attached hydrogens (primary N) is 1. The molecule has 0 aliphatic heterocycles. The quantitative estimate of drug-likeness (QED) is 0.816. The summed E-state index contributed by atoms with van der Waals surface area (Å²) in [6.07, 6.45) is 5.58. The van der Waals surface area contributed by atoms with E-state index in [4.69, 9.17) is 10.5 Å². The third-order valence-corrected chi connectivity index (χ3v) is 3.13. The number of aromatic nitrogens is 1. The van der Waals surface area contributed by atoms with E-state index in [-0.39, 0.29) is 0 Å². The Labute approximate surface area is 96.4 Å². The zero-order valence-corrected chi connectivity index (χ0v) is 9.72. The van der Waals surface area contributed by atoms with Crippen molar-refractivity contribution in [2.75, 3.05) is 25.1 Å². The average molecular weight is 221 g/mol. The Morgan fingerprint density at radius 2 is 2.38 bits per heavy atom. The molecule has 0 unspecified atom stereocenters. The van der Waals surface area contributed by atoms with Crippen molar-refractivity contribution in [1.29, 1.82) is 0 Å². The largest absolute Gasteiger partial charge is 0.493 e. The first-order valence-electron chi connectivity index (χ1n) is 5.82. The number of anilines is 1. The minimum atomic E-state index is 0.590. The monoisotopic (exact) mass is 221 g/mol. The highest BCUT2D eigenvalue weighted by molar-refractivity contribution is 5.53. The summed E-state index contributed by atoms with van der Waals surface area (Å²) in [5.41, 5.74) is 5.66. The zero-order chi connectivity index (χ0) is 11.4. The molecule has 4 nitrogen and oxygen atoms in total.